The molecule has 1 amide bonds. The van der Waals surface area contributed by atoms with E-state index in [4.69, 9.17) is 5.73 Å². The van der Waals surface area contributed by atoms with Crippen LogP contribution in [0.2, 0.25) is 0 Å². The lowest BCUT2D eigenvalue weighted by Crippen LogP contribution is -2.26. The Labute approximate surface area is 114 Å². The van der Waals surface area contributed by atoms with E-state index in [9.17, 15) is 9.18 Å². The highest BCUT2D eigenvalue weighted by molar-refractivity contribution is 7.09. The van der Waals surface area contributed by atoms with Crippen LogP contribution in [0, 0.1) is 12.7 Å². The third kappa shape index (κ3) is 3.51. The van der Waals surface area contributed by atoms with Crippen molar-refractivity contribution in [2.75, 3.05) is 12.3 Å². The zero-order valence-corrected chi connectivity index (χ0v) is 11.3. The van der Waals surface area contributed by atoms with Gasteiger partial charge >= 0.3 is 0 Å². The molecule has 6 heteroatoms. The van der Waals surface area contributed by atoms with Gasteiger partial charge in [-0.25, -0.2) is 9.37 Å². The molecule has 100 valence electrons. The molecule has 0 saturated heterocycles. The van der Waals surface area contributed by atoms with Gasteiger partial charge in [-0.05, 0) is 25.1 Å². The molecule has 1 aromatic carbocycles. The van der Waals surface area contributed by atoms with E-state index in [1.807, 2.05) is 12.3 Å². The van der Waals surface area contributed by atoms with Crippen molar-refractivity contribution in [3.63, 3.8) is 0 Å². The topological polar surface area (TPSA) is 68.0 Å². The fourth-order valence-corrected chi connectivity index (χ4v) is 2.29. The summed E-state index contributed by atoms with van der Waals surface area (Å²) in [4.78, 5) is 16.1. The normalized spacial score (nSPS) is 10.4. The van der Waals surface area contributed by atoms with Crippen molar-refractivity contribution in [2.24, 2.45) is 0 Å². The van der Waals surface area contributed by atoms with Crippen LogP contribution in [0.4, 0.5) is 10.1 Å². The molecule has 19 heavy (non-hydrogen) atoms. The van der Waals surface area contributed by atoms with Crippen LogP contribution in [0.1, 0.15) is 21.1 Å². The largest absolute Gasteiger partial charge is 0.399 e. The molecule has 0 saturated carbocycles. The second-order valence-corrected chi connectivity index (χ2v) is 5.17. The summed E-state index contributed by atoms with van der Waals surface area (Å²) < 4.78 is 13.4. The SMILES string of the molecule is Cc1nc(CCNC(=O)c2cc(N)ccc2F)cs1. The first kappa shape index (κ1) is 13.5. The Morgan fingerprint density at radius 3 is 3.00 bits per heavy atom. The van der Waals surface area contributed by atoms with Crippen LogP contribution >= 0.6 is 11.3 Å². The molecule has 0 aliphatic rings. The van der Waals surface area contributed by atoms with Crippen molar-refractivity contribution < 1.29 is 9.18 Å². The molecule has 1 heterocycles. The quantitative estimate of drug-likeness (QED) is 0.843. The maximum Gasteiger partial charge on any atom is 0.254 e. The summed E-state index contributed by atoms with van der Waals surface area (Å²) in [6, 6.07) is 3.94. The fourth-order valence-electron chi connectivity index (χ4n) is 1.64. The minimum atomic E-state index is -0.573. The van der Waals surface area contributed by atoms with E-state index >= 15 is 0 Å². The number of aryl methyl sites for hydroxylation is 1. The van der Waals surface area contributed by atoms with Gasteiger partial charge in [0.2, 0.25) is 0 Å². The van der Waals surface area contributed by atoms with Crippen molar-refractivity contribution >= 4 is 22.9 Å². The molecule has 0 radical (unpaired) electrons. The minimum absolute atomic E-state index is 0.0329. The number of amides is 1. The predicted octanol–water partition coefficient (Wildman–Crippen LogP) is 2.15. The minimum Gasteiger partial charge on any atom is -0.399 e. The number of nitrogens with two attached hydrogens (primary N) is 1. The van der Waals surface area contributed by atoms with Crippen LogP contribution < -0.4 is 11.1 Å². The van der Waals surface area contributed by atoms with Crippen molar-refractivity contribution in [2.45, 2.75) is 13.3 Å². The van der Waals surface area contributed by atoms with Gasteiger partial charge in [-0.15, -0.1) is 11.3 Å². The number of carbonyl (C=O) groups excluding carboxylic acids is 1. The number of nitrogens with one attached hydrogen (secondary N) is 1. The van der Waals surface area contributed by atoms with Crippen molar-refractivity contribution in [1.29, 1.82) is 0 Å². The molecule has 2 aromatic rings. The summed E-state index contributed by atoms with van der Waals surface area (Å²) in [7, 11) is 0. The number of thiazole rings is 1. The average Bonchev–Trinajstić information content (AvgIpc) is 2.78. The van der Waals surface area contributed by atoms with Gasteiger partial charge < -0.3 is 11.1 Å². The Morgan fingerprint density at radius 2 is 2.32 bits per heavy atom. The fraction of sp³-hybridized carbons (Fsp3) is 0.231. The number of benzene rings is 1. The van der Waals surface area contributed by atoms with Crippen molar-refractivity contribution in [1.82, 2.24) is 10.3 Å². The van der Waals surface area contributed by atoms with E-state index in [1.54, 1.807) is 11.3 Å². The standard InChI is InChI=1S/C13H14FN3OS/c1-8-17-10(7-19-8)4-5-16-13(18)11-6-9(15)2-3-12(11)14/h2-3,6-7H,4-5,15H2,1H3,(H,16,18). The Bertz CT molecular complexity index is 597. The summed E-state index contributed by atoms with van der Waals surface area (Å²) in [5.41, 5.74) is 6.79. The zero-order chi connectivity index (χ0) is 13.8. The first-order chi connectivity index (χ1) is 9.06. The molecule has 1 aromatic heterocycles. The third-order valence-corrected chi connectivity index (χ3v) is 3.39. The van der Waals surface area contributed by atoms with Crippen molar-refractivity contribution in [3.05, 3.63) is 45.7 Å². The zero-order valence-electron chi connectivity index (χ0n) is 10.4. The van der Waals surface area contributed by atoms with E-state index < -0.39 is 11.7 Å². The predicted molar refractivity (Wildman–Crippen MR) is 73.7 cm³/mol. The summed E-state index contributed by atoms with van der Waals surface area (Å²) in [5.74, 6) is -1.03. The smallest absolute Gasteiger partial charge is 0.254 e. The van der Waals surface area contributed by atoms with Gasteiger partial charge in [0, 0.05) is 24.0 Å². The van der Waals surface area contributed by atoms with E-state index in [1.165, 1.54) is 18.2 Å². The number of carbonyl (C=O) groups is 1. The highest BCUT2D eigenvalue weighted by atomic mass is 32.1. The number of nitrogen functional groups attached to an aromatic ring is 1. The average molecular weight is 279 g/mol. The molecular formula is C13H14FN3OS. The van der Waals surface area contributed by atoms with Gasteiger partial charge in [0.05, 0.1) is 16.3 Å². The first-order valence-corrected chi connectivity index (χ1v) is 6.68. The monoisotopic (exact) mass is 279 g/mol. The molecule has 0 spiro atoms. The first-order valence-electron chi connectivity index (χ1n) is 5.80. The van der Waals surface area contributed by atoms with Crippen LogP contribution in [0.3, 0.4) is 0 Å². The van der Waals surface area contributed by atoms with E-state index in [0.29, 0.717) is 18.7 Å². The van der Waals surface area contributed by atoms with Crippen LogP contribution in [0.25, 0.3) is 0 Å². The number of rotatable bonds is 4. The van der Waals surface area contributed by atoms with E-state index in [2.05, 4.69) is 10.3 Å². The summed E-state index contributed by atoms with van der Waals surface area (Å²) in [5, 5.41) is 5.59. The molecule has 4 nitrogen and oxygen atoms in total. The van der Waals surface area contributed by atoms with Crippen LogP contribution in [-0.2, 0) is 6.42 Å². The van der Waals surface area contributed by atoms with Crippen LogP contribution in [-0.4, -0.2) is 17.4 Å². The summed E-state index contributed by atoms with van der Waals surface area (Å²) in [6.45, 7) is 2.34. The van der Waals surface area contributed by atoms with Crippen LogP contribution in [0.15, 0.2) is 23.6 Å². The van der Waals surface area contributed by atoms with E-state index in [-0.39, 0.29) is 5.56 Å². The number of hydrogen-bond donors (Lipinski definition) is 2. The van der Waals surface area contributed by atoms with Crippen LogP contribution in [0.5, 0.6) is 0 Å². The molecule has 0 aliphatic heterocycles. The molecule has 2 rings (SSSR count). The molecule has 0 unspecified atom stereocenters. The molecular weight excluding hydrogens is 265 g/mol. The van der Waals surface area contributed by atoms with Gasteiger partial charge in [-0.3, -0.25) is 4.79 Å². The number of anilines is 1. The molecule has 0 bridgehead atoms. The Balaban J connectivity index is 1.92. The third-order valence-electron chi connectivity index (χ3n) is 2.57. The van der Waals surface area contributed by atoms with Gasteiger partial charge in [0.25, 0.3) is 5.91 Å². The van der Waals surface area contributed by atoms with Crippen molar-refractivity contribution in [3.8, 4) is 0 Å². The lowest BCUT2D eigenvalue weighted by molar-refractivity contribution is 0.0950. The summed E-state index contributed by atoms with van der Waals surface area (Å²) in [6.07, 6.45) is 0.625. The number of nitrogens with zero attached hydrogens (tertiary/aromatic N) is 1. The maximum atomic E-state index is 13.4. The number of aromatic nitrogens is 1. The number of hydrogen-bond acceptors (Lipinski definition) is 4. The van der Waals surface area contributed by atoms with Gasteiger partial charge in [-0.1, -0.05) is 0 Å². The summed E-state index contributed by atoms with van der Waals surface area (Å²) >= 11 is 1.56. The van der Waals surface area contributed by atoms with Gasteiger partial charge in [0.1, 0.15) is 5.82 Å². The molecule has 3 N–H and O–H groups in total. The lowest BCUT2D eigenvalue weighted by Gasteiger charge is -2.06. The highest BCUT2D eigenvalue weighted by Gasteiger charge is 2.11. The molecule has 0 aliphatic carbocycles. The molecule has 0 fully saturated rings. The second-order valence-electron chi connectivity index (χ2n) is 4.10. The maximum absolute atomic E-state index is 13.4. The Kier molecular flexibility index (Phi) is 4.11. The lowest BCUT2D eigenvalue weighted by atomic mass is 10.1. The second kappa shape index (κ2) is 5.79. The highest BCUT2D eigenvalue weighted by Crippen LogP contribution is 2.12. The van der Waals surface area contributed by atoms with Gasteiger partial charge in [0.15, 0.2) is 0 Å². The number of halogens is 1. The van der Waals surface area contributed by atoms with Gasteiger partial charge in [-0.2, -0.15) is 0 Å². The Hall–Kier alpha value is -1.95. The van der Waals surface area contributed by atoms with E-state index in [0.717, 1.165) is 10.7 Å². The Morgan fingerprint density at radius 1 is 1.53 bits per heavy atom. The molecule has 0 atom stereocenters.